The van der Waals surface area contributed by atoms with Crippen molar-refractivity contribution in [3.8, 4) is 0 Å². The number of carbonyl (C=O) groups excluding carboxylic acids is 2. The van der Waals surface area contributed by atoms with Crippen LogP contribution in [0.2, 0.25) is 0 Å². The predicted octanol–water partition coefficient (Wildman–Crippen LogP) is 0.489. The van der Waals surface area contributed by atoms with Gasteiger partial charge < -0.3 is 20.1 Å². The number of rotatable bonds is 6. The lowest BCUT2D eigenvalue weighted by molar-refractivity contribution is -0.126. The lowest BCUT2D eigenvalue weighted by Crippen LogP contribution is -2.52. The van der Waals surface area contributed by atoms with E-state index in [1.54, 1.807) is 7.11 Å². The SMILES string of the molecule is COCCNC(=O)[C@@H]1C[C@@H](O)CN1C1CCN(C(=O)c2ccccc2)CC1. The van der Waals surface area contributed by atoms with E-state index in [1.165, 1.54) is 0 Å². The summed E-state index contributed by atoms with van der Waals surface area (Å²) in [6.07, 6.45) is 1.61. The summed E-state index contributed by atoms with van der Waals surface area (Å²) in [4.78, 5) is 29.1. The van der Waals surface area contributed by atoms with Gasteiger partial charge in [0.2, 0.25) is 5.91 Å². The van der Waals surface area contributed by atoms with Gasteiger partial charge in [0.05, 0.1) is 18.8 Å². The standard InChI is InChI=1S/C20H29N3O4/c1-27-12-9-21-19(25)18-13-17(24)14-23(18)16-7-10-22(11-8-16)20(26)15-5-3-2-4-6-15/h2-6,16-18,24H,7-14H2,1H3,(H,21,25)/t17-,18+/m1/s1. The Morgan fingerprint density at radius 2 is 1.93 bits per heavy atom. The summed E-state index contributed by atoms with van der Waals surface area (Å²) in [5.41, 5.74) is 0.711. The molecular weight excluding hydrogens is 346 g/mol. The molecule has 2 heterocycles. The van der Waals surface area contributed by atoms with Crippen LogP contribution in [0.1, 0.15) is 29.6 Å². The van der Waals surface area contributed by atoms with Gasteiger partial charge in [-0.25, -0.2) is 0 Å². The Kier molecular flexibility index (Phi) is 6.82. The van der Waals surface area contributed by atoms with Crippen LogP contribution >= 0.6 is 0 Å². The highest BCUT2D eigenvalue weighted by molar-refractivity contribution is 5.94. The number of ether oxygens (including phenoxy) is 1. The molecule has 0 bridgehead atoms. The van der Waals surface area contributed by atoms with Gasteiger partial charge in [0.1, 0.15) is 0 Å². The Labute approximate surface area is 160 Å². The second-order valence-electron chi connectivity index (χ2n) is 7.28. The second-order valence-corrected chi connectivity index (χ2v) is 7.28. The van der Waals surface area contributed by atoms with E-state index < -0.39 is 6.10 Å². The monoisotopic (exact) mass is 375 g/mol. The Bertz CT molecular complexity index is 631. The first-order valence-corrected chi connectivity index (χ1v) is 9.65. The van der Waals surface area contributed by atoms with Crippen molar-refractivity contribution in [3.63, 3.8) is 0 Å². The maximum atomic E-state index is 12.6. The number of β-amino-alcohol motifs (C(OH)–C–C–N with tert-alkyl or cyclic N) is 1. The minimum absolute atomic E-state index is 0.0496. The third-order valence-electron chi connectivity index (χ3n) is 5.47. The first kappa shape index (κ1) is 19.8. The normalized spacial score (nSPS) is 24.1. The molecule has 0 aliphatic carbocycles. The minimum atomic E-state index is -0.479. The van der Waals surface area contributed by atoms with E-state index in [4.69, 9.17) is 4.74 Å². The molecule has 2 aliphatic heterocycles. The van der Waals surface area contributed by atoms with E-state index in [2.05, 4.69) is 10.2 Å². The molecule has 7 heteroatoms. The molecule has 1 aromatic rings. The van der Waals surface area contributed by atoms with Crippen LogP contribution in [0.3, 0.4) is 0 Å². The molecule has 0 radical (unpaired) electrons. The molecule has 7 nitrogen and oxygen atoms in total. The molecule has 2 fully saturated rings. The summed E-state index contributed by atoms with van der Waals surface area (Å²) in [7, 11) is 1.60. The molecule has 2 saturated heterocycles. The van der Waals surface area contributed by atoms with Gasteiger partial charge in [-0.05, 0) is 31.4 Å². The van der Waals surface area contributed by atoms with Gasteiger partial charge in [-0.3, -0.25) is 14.5 Å². The van der Waals surface area contributed by atoms with Gasteiger partial charge >= 0.3 is 0 Å². The predicted molar refractivity (Wildman–Crippen MR) is 101 cm³/mol. The zero-order valence-corrected chi connectivity index (χ0v) is 15.8. The largest absolute Gasteiger partial charge is 0.392 e. The number of hydrogen-bond donors (Lipinski definition) is 2. The fourth-order valence-corrected chi connectivity index (χ4v) is 4.06. The number of amides is 2. The second kappa shape index (κ2) is 9.30. The first-order valence-electron chi connectivity index (χ1n) is 9.65. The van der Waals surface area contributed by atoms with E-state index in [0.717, 1.165) is 12.8 Å². The van der Waals surface area contributed by atoms with Crippen LogP contribution in [-0.4, -0.2) is 84.8 Å². The van der Waals surface area contributed by atoms with Crippen LogP contribution in [-0.2, 0) is 9.53 Å². The molecule has 2 N–H and O–H groups in total. The van der Waals surface area contributed by atoms with Crippen LogP contribution in [0.5, 0.6) is 0 Å². The van der Waals surface area contributed by atoms with Crippen molar-refractivity contribution in [2.75, 3.05) is 39.9 Å². The maximum absolute atomic E-state index is 12.6. The molecule has 0 saturated carbocycles. The molecular formula is C20H29N3O4. The number of aliphatic hydroxyl groups excluding tert-OH is 1. The van der Waals surface area contributed by atoms with Crippen LogP contribution in [0.15, 0.2) is 30.3 Å². The van der Waals surface area contributed by atoms with E-state index in [9.17, 15) is 14.7 Å². The van der Waals surface area contributed by atoms with Gasteiger partial charge in [-0.2, -0.15) is 0 Å². The van der Waals surface area contributed by atoms with Crippen LogP contribution < -0.4 is 5.32 Å². The van der Waals surface area contributed by atoms with E-state index in [-0.39, 0.29) is 23.9 Å². The van der Waals surface area contributed by atoms with Gasteiger partial charge in [-0.1, -0.05) is 18.2 Å². The molecule has 0 unspecified atom stereocenters. The number of nitrogens with one attached hydrogen (secondary N) is 1. The summed E-state index contributed by atoms with van der Waals surface area (Å²) in [5, 5.41) is 13.0. The smallest absolute Gasteiger partial charge is 0.253 e. The van der Waals surface area contributed by atoms with Crippen molar-refractivity contribution < 1.29 is 19.4 Å². The lowest BCUT2D eigenvalue weighted by Gasteiger charge is -2.38. The fraction of sp³-hybridized carbons (Fsp3) is 0.600. The molecule has 3 rings (SSSR count). The number of methoxy groups -OCH3 is 1. The zero-order chi connectivity index (χ0) is 19.2. The molecule has 1 aromatic carbocycles. The summed E-state index contributed by atoms with van der Waals surface area (Å²) in [6, 6.07) is 9.23. The van der Waals surface area contributed by atoms with Gasteiger partial charge in [0, 0.05) is 44.9 Å². The van der Waals surface area contributed by atoms with Crippen molar-refractivity contribution in [1.29, 1.82) is 0 Å². The summed E-state index contributed by atoms with van der Waals surface area (Å²) in [6.45, 7) is 2.80. The molecule has 2 amide bonds. The fourth-order valence-electron chi connectivity index (χ4n) is 4.06. The van der Waals surface area contributed by atoms with Gasteiger partial charge in [0.25, 0.3) is 5.91 Å². The van der Waals surface area contributed by atoms with Crippen molar-refractivity contribution in [3.05, 3.63) is 35.9 Å². The molecule has 2 aliphatic rings. The average molecular weight is 375 g/mol. The highest BCUT2D eigenvalue weighted by Gasteiger charge is 2.40. The molecule has 2 atom stereocenters. The number of hydrogen-bond acceptors (Lipinski definition) is 5. The number of nitrogens with zero attached hydrogens (tertiary/aromatic N) is 2. The summed E-state index contributed by atoms with van der Waals surface area (Å²) >= 11 is 0. The summed E-state index contributed by atoms with van der Waals surface area (Å²) in [5.74, 6) is 0.00996. The van der Waals surface area contributed by atoms with Crippen molar-refractivity contribution in [2.45, 2.75) is 37.5 Å². The van der Waals surface area contributed by atoms with Crippen molar-refractivity contribution in [1.82, 2.24) is 15.1 Å². The highest BCUT2D eigenvalue weighted by atomic mass is 16.5. The van der Waals surface area contributed by atoms with Gasteiger partial charge in [-0.15, -0.1) is 0 Å². The van der Waals surface area contributed by atoms with Gasteiger partial charge in [0.15, 0.2) is 0 Å². The Hall–Kier alpha value is -1.96. The van der Waals surface area contributed by atoms with Crippen LogP contribution in [0.25, 0.3) is 0 Å². The number of carbonyl (C=O) groups is 2. The Balaban J connectivity index is 1.56. The van der Waals surface area contributed by atoms with E-state index in [1.807, 2.05) is 35.2 Å². The van der Waals surface area contributed by atoms with Crippen LogP contribution in [0, 0.1) is 0 Å². The van der Waals surface area contributed by atoms with E-state index in [0.29, 0.717) is 44.8 Å². The lowest BCUT2D eigenvalue weighted by atomic mass is 10.0. The van der Waals surface area contributed by atoms with Crippen LogP contribution in [0.4, 0.5) is 0 Å². The maximum Gasteiger partial charge on any atom is 0.253 e. The quantitative estimate of drug-likeness (QED) is 0.707. The molecule has 0 aromatic heterocycles. The number of aliphatic hydroxyl groups is 1. The Morgan fingerprint density at radius 1 is 1.22 bits per heavy atom. The number of likely N-dealkylation sites (tertiary alicyclic amines) is 2. The van der Waals surface area contributed by atoms with Crippen molar-refractivity contribution >= 4 is 11.8 Å². The average Bonchev–Trinajstić information content (AvgIpc) is 3.10. The zero-order valence-electron chi connectivity index (χ0n) is 15.8. The molecule has 148 valence electrons. The van der Waals surface area contributed by atoms with E-state index >= 15 is 0 Å². The molecule has 0 spiro atoms. The number of benzene rings is 1. The molecule has 27 heavy (non-hydrogen) atoms. The first-order chi connectivity index (χ1) is 13.1. The summed E-state index contributed by atoms with van der Waals surface area (Å²) < 4.78 is 4.97. The highest BCUT2D eigenvalue weighted by Crippen LogP contribution is 2.27. The Morgan fingerprint density at radius 3 is 2.59 bits per heavy atom. The third kappa shape index (κ3) is 4.86. The third-order valence-corrected chi connectivity index (χ3v) is 5.47. The minimum Gasteiger partial charge on any atom is -0.392 e. The van der Waals surface area contributed by atoms with Crippen molar-refractivity contribution in [2.24, 2.45) is 0 Å². The topological polar surface area (TPSA) is 82.1 Å². The number of piperidine rings is 1.